The number of allylic oxidation sites excluding steroid dienone is 2. The van der Waals surface area contributed by atoms with Gasteiger partial charge in [-0.15, -0.1) is 5.10 Å². The van der Waals surface area contributed by atoms with Gasteiger partial charge in [-0.3, -0.25) is 4.79 Å². The Morgan fingerprint density at radius 3 is 2.32 bits per heavy atom. The van der Waals surface area contributed by atoms with Gasteiger partial charge in [0.2, 0.25) is 11.7 Å². The monoisotopic (exact) mass is 462 g/mol. The van der Waals surface area contributed by atoms with Crippen LogP contribution in [0.2, 0.25) is 0 Å². The lowest BCUT2D eigenvalue weighted by molar-refractivity contribution is -0.116. The molecule has 2 aromatic carbocycles. The Kier molecular flexibility index (Phi) is 5.61. The second-order valence-electron chi connectivity index (χ2n) is 8.06. The zero-order valence-corrected chi connectivity index (χ0v) is 19.5. The van der Waals surface area contributed by atoms with Gasteiger partial charge in [-0.05, 0) is 31.0 Å². The summed E-state index contributed by atoms with van der Waals surface area (Å²) in [5.41, 5.74) is 3.16. The molecule has 0 saturated carbocycles. The Morgan fingerprint density at radius 1 is 0.941 bits per heavy atom. The fourth-order valence-corrected chi connectivity index (χ4v) is 4.67. The van der Waals surface area contributed by atoms with E-state index in [1.54, 1.807) is 45.3 Å². The summed E-state index contributed by atoms with van der Waals surface area (Å²) in [6.45, 7) is 0. The lowest BCUT2D eigenvalue weighted by atomic mass is 9.85. The Morgan fingerprint density at radius 2 is 1.65 bits per heavy atom. The number of Topliss-reactive ketones (excluding diaryl/α,β-unsaturated/α-hetero) is 1. The third-order valence-corrected chi connectivity index (χ3v) is 6.22. The van der Waals surface area contributed by atoms with E-state index in [-0.39, 0.29) is 5.78 Å². The Labute approximate surface area is 197 Å². The number of anilines is 1. The number of aromatic nitrogens is 3. The molecule has 1 aromatic heterocycles. The molecule has 0 unspecified atom stereocenters. The van der Waals surface area contributed by atoms with Gasteiger partial charge in [0.25, 0.3) is 0 Å². The highest BCUT2D eigenvalue weighted by molar-refractivity contribution is 5.99. The lowest BCUT2D eigenvalue weighted by Crippen LogP contribution is -2.31. The number of fused-ring (bicyclic) bond motifs is 1. The summed E-state index contributed by atoms with van der Waals surface area (Å²) < 4.78 is 23.9. The van der Waals surface area contributed by atoms with Gasteiger partial charge in [0.15, 0.2) is 23.1 Å². The number of carbonyl (C=O) groups excluding carboxylic acids is 1. The molecule has 0 radical (unpaired) electrons. The first-order chi connectivity index (χ1) is 16.6. The predicted molar refractivity (Wildman–Crippen MR) is 126 cm³/mol. The van der Waals surface area contributed by atoms with Gasteiger partial charge in [-0.25, -0.2) is 4.68 Å². The van der Waals surface area contributed by atoms with Crippen LogP contribution in [0.5, 0.6) is 23.0 Å². The number of benzene rings is 2. The van der Waals surface area contributed by atoms with Crippen LogP contribution in [-0.2, 0) is 4.79 Å². The third-order valence-electron chi connectivity index (χ3n) is 6.22. The molecule has 1 atom stereocenters. The molecule has 1 aliphatic carbocycles. The summed E-state index contributed by atoms with van der Waals surface area (Å²) >= 11 is 0. The number of nitrogens with zero attached hydrogens (tertiary/aromatic N) is 3. The fraction of sp³-hybridized carbons (Fsp3) is 0.320. The second-order valence-corrected chi connectivity index (χ2v) is 8.06. The van der Waals surface area contributed by atoms with E-state index in [4.69, 9.17) is 29.0 Å². The Balaban J connectivity index is 1.69. The average Bonchev–Trinajstić information content (AvgIpc) is 3.30. The van der Waals surface area contributed by atoms with E-state index >= 15 is 0 Å². The molecule has 176 valence electrons. The molecule has 2 aliphatic rings. The minimum Gasteiger partial charge on any atom is -0.496 e. The molecule has 0 spiro atoms. The van der Waals surface area contributed by atoms with E-state index in [0.717, 1.165) is 24.1 Å². The quantitative estimate of drug-likeness (QED) is 0.587. The minimum absolute atomic E-state index is 0.111. The van der Waals surface area contributed by atoms with Crippen LogP contribution in [0.3, 0.4) is 0 Å². The first-order valence-electron chi connectivity index (χ1n) is 11.0. The first-order valence-corrected chi connectivity index (χ1v) is 11.0. The van der Waals surface area contributed by atoms with Crippen molar-refractivity contribution >= 4 is 11.7 Å². The van der Waals surface area contributed by atoms with Crippen LogP contribution in [-0.4, -0.2) is 49.0 Å². The molecular weight excluding hydrogens is 436 g/mol. The number of hydrogen-bond donors (Lipinski definition) is 1. The lowest BCUT2D eigenvalue weighted by Gasteiger charge is -2.32. The molecule has 0 amide bonds. The van der Waals surface area contributed by atoms with Crippen LogP contribution < -0.4 is 24.3 Å². The molecule has 3 aromatic rings. The van der Waals surface area contributed by atoms with E-state index in [1.165, 1.54) is 0 Å². The van der Waals surface area contributed by atoms with Crippen molar-refractivity contribution in [3.05, 3.63) is 53.2 Å². The maximum atomic E-state index is 13.1. The zero-order chi connectivity index (χ0) is 23.8. The largest absolute Gasteiger partial charge is 0.496 e. The van der Waals surface area contributed by atoms with E-state index < -0.39 is 6.04 Å². The maximum Gasteiger partial charge on any atom is 0.226 e. The molecule has 9 nitrogen and oxygen atoms in total. The molecule has 1 N–H and O–H groups in total. The number of methoxy groups -OCH3 is 4. The average molecular weight is 463 g/mol. The molecule has 0 saturated heterocycles. The summed E-state index contributed by atoms with van der Waals surface area (Å²) in [7, 11) is 6.31. The molecule has 34 heavy (non-hydrogen) atoms. The van der Waals surface area contributed by atoms with E-state index in [2.05, 4.69) is 5.32 Å². The highest BCUT2D eigenvalue weighted by Gasteiger charge is 2.38. The van der Waals surface area contributed by atoms with Gasteiger partial charge in [-0.1, -0.05) is 18.2 Å². The second kappa shape index (κ2) is 8.74. The smallest absolute Gasteiger partial charge is 0.226 e. The molecule has 0 fully saturated rings. The number of hydrogen-bond acceptors (Lipinski definition) is 8. The van der Waals surface area contributed by atoms with Gasteiger partial charge in [0.1, 0.15) is 11.8 Å². The highest BCUT2D eigenvalue weighted by atomic mass is 16.5. The molecule has 2 heterocycles. The first kappa shape index (κ1) is 21.8. The van der Waals surface area contributed by atoms with Crippen molar-refractivity contribution < 1.29 is 23.7 Å². The number of ketones is 1. The third kappa shape index (κ3) is 3.44. The van der Waals surface area contributed by atoms with Crippen LogP contribution in [0.4, 0.5) is 5.95 Å². The van der Waals surface area contributed by atoms with Crippen LogP contribution >= 0.6 is 0 Å². The van der Waals surface area contributed by atoms with Gasteiger partial charge in [-0.2, -0.15) is 4.98 Å². The number of nitrogens with one attached hydrogen (secondary N) is 1. The van der Waals surface area contributed by atoms with Crippen molar-refractivity contribution in [1.29, 1.82) is 0 Å². The van der Waals surface area contributed by atoms with Crippen LogP contribution in [0.1, 0.15) is 30.9 Å². The van der Waals surface area contributed by atoms with E-state index in [9.17, 15) is 4.79 Å². The fourth-order valence-electron chi connectivity index (χ4n) is 4.67. The van der Waals surface area contributed by atoms with Crippen LogP contribution in [0.15, 0.2) is 47.7 Å². The summed E-state index contributed by atoms with van der Waals surface area (Å²) in [5, 5.41) is 8.19. The maximum absolute atomic E-state index is 13.1. The number of ether oxygens (including phenoxy) is 4. The van der Waals surface area contributed by atoms with Crippen molar-refractivity contribution in [3.63, 3.8) is 0 Å². The van der Waals surface area contributed by atoms with Gasteiger partial charge < -0.3 is 24.3 Å². The Hall–Kier alpha value is -4.01. The molecule has 9 heteroatoms. The molecule has 1 aliphatic heterocycles. The number of para-hydroxylation sites is 1. The SMILES string of the molecule is COc1ccccc1[C@@H]1C2=C(CCCC2=O)Nc2nc(-c3cc(OC)c(OC)c(OC)c3)nn21. The highest BCUT2D eigenvalue weighted by Crippen LogP contribution is 2.44. The normalized spacial score (nSPS) is 16.9. The summed E-state index contributed by atoms with van der Waals surface area (Å²) in [4.78, 5) is 17.9. The number of rotatable bonds is 6. The van der Waals surface area contributed by atoms with Gasteiger partial charge in [0.05, 0.1) is 28.4 Å². The van der Waals surface area contributed by atoms with Gasteiger partial charge in [0, 0.05) is 28.8 Å². The van der Waals surface area contributed by atoms with Crippen molar-refractivity contribution in [2.75, 3.05) is 33.8 Å². The minimum atomic E-state index is -0.446. The van der Waals surface area contributed by atoms with Gasteiger partial charge >= 0.3 is 0 Å². The molecular formula is C25H26N4O5. The summed E-state index contributed by atoms with van der Waals surface area (Å²) in [5.74, 6) is 3.33. The molecule has 5 rings (SSSR count). The van der Waals surface area contributed by atoms with Crippen molar-refractivity contribution in [3.8, 4) is 34.4 Å². The van der Waals surface area contributed by atoms with Crippen molar-refractivity contribution in [2.45, 2.75) is 25.3 Å². The van der Waals surface area contributed by atoms with Crippen molar-refractivity contribution in [1.82, 2.24) is 14.8 Å². The summed E-state index contributed by atoms with van der Waals surface area (Å²) in [6, 6.07) is 10.9. The van der Waals surface area contributed by atoms with Crippen LogP contribution in [0, 0.1) is 0 Å². The number of carbonyl (C=O) groups is 1. The topological polar surface area (TPSA) is 96.7 Å². The summed E-state index contributed by atoms with van der Waals surface area (Å²) in [6.07, 6.45) is 2.09. The van der Waals surface area contributed by atoms with E-state index in [1.807, 2.05) is 24.3 Å². The zero-order valence-electron chi connectivity index (χ0n) is 19.5. The predicted octanol–water partition coefficient (Wildman–Crippen LogP) is 4.00. The van der Waals surface area contributed by atoms with Crippen molar-refractivity contribution in [2.24, 2.45) is 0 Å². The molecule has 0 bridgehead atoms. The standard InChI is InChI=1S/C25H26N4O5/c1-31-18-11-6-5-8-15(18)22-21-16(9-7-10-17(21)30)26-25-27-24(28-29(22)25)14-12-19(32-2)23(34-4)20(13-14)33-3/h5-6,8,11-13,22H,7,9-10H2,1-4H3,(H,26,27,28)/t22-/m1/s1. The van der Waals surface area contributed by atoms with Crippen LogP contribution in [0.25, 0.3) is 11.4 Å². The van der Waals surface area contributed by atoms with E-state index in [0.29, 0.717) is 52.3 Å². The Bertz CT molecular complexity index is 1270.